The van der Waals surface area contributed by atoms with E-state index in [1.807, 2.05) is 24.3 Å². The molecule has 0 N–H and O–H groups in total. The summed E-state index contributed by atoms with van der Waals surface area (Å²) in [5.74, 6) is 0. The van der Waals surface area contributed by atoms with E-state index in [1.54, 1.807) is 4.90 Å². The smallest absolute Gasteiger partial charge is 0.304 e. The van der Waals surface area contributed by atoms with Crippen LogP contribution in [0.25, 0.3) is 10.8 Å². The molecule has 1 amide bonds. The maximum atomic E-state index is 11.2. The first-order valence-electron chi connectivity index (χ1n) is 7.00. The van der Waals surface area contributed by atoms with Gasteiger partial charge in [-0.25, -0.2) is 0 Å². The fourth-order valence-electron chi connectivity index (χ4n) is 2.36. The molecule has 2 nitrogen and oxygen atoms in total. The third-order valence-corrected chi connectivity index (χ3v) is 3.40. The molecule has 2 heteroatoms. The van der Waals surface area contributed by atoms with E-state index in [-0.39, 0.29) is 0 Å². The van der Waals surface area contributed by atoms with Crippen molar-refractivity contribution in [1.82, 2.24) is 0 Å². The quantitative estimate of drug-likeness (QED) is 0.533. The van der Waals surface area contributed by atoms with E-state index in [0.717, 1.165) is 29.4 Å². The minimum Gasteiger partial charge on any atom is -0.304 e. The van der Waals surface area contributed by atoms with E-state index >= 15 is 0 Å². The molecule has 0 spiro atoms. The highest BCUT2D eigenvalue weighted by Crippen LogP contribution is 2.26. The van der Waals surface area contributed by atoms with E-state index in [0.29, 0.717) is 0 Å². The van der Waals surface area contributed by atoms with Gasteiger partial charge in [0.2, 0.25) is 0 Å². The second-order valence-corrected chi connectivity index (χ2v) is 4.80. The molecule has 99 valence electrons. The van der Waals surface area contributed by atoms with Gasteiger partial charge in [0.05, 0.1) is 5.69 Å². The molecule has 0 atom stereocenters. The van der Waals surface area contributed by atoms with Crippen molar-refractivity contribution >= 4 is 22.9 Å². The van der Waals surface area contributed by atoms with Crippen LogP contribution in [-0.2, 0) is 4.79 Å². The fraction of sp³-hybridized carbons (Fsp3) is 0.353. The second-order valence-electron chi connectivity index (χ2n) is 4.80. The van der Waals surface area contributed by atoms with Crippen LogP contribution >= 0.6 is 0 Å². The molecule has 0 aliphatic rings. The molecule has 0 aliphatic carbocycles. The van der Waals surface area contributed by atoms with Gasteiger partial charge >= 0.3 is 6.41 Å². The number of nitrogens with zero attached hydrogens (tertiary/aromatic N) is 1. The third kappa shape index (κ3) is 3.34. The van der Waals surface area contributed by atoms with Crippen LogP contribution in [0.15, 0.2) is 42.5 Å². The summed E-state index contributed by atoms with van der Waals surface area (Å²) in [4.78, 5) is 12.9. The Hall–Kier alpha value is -1.83. The molecule has 0 aliphatic heterocycles. The van der Waals surface area contributed by atoms with E-state index < -0.39 is 0 Å². The van der Waals surface area contributed by atoms with Gasteiger partial charge in [-0.1, -0.05) is 62.6 Å². The van der Waals surface area contributed by atoms with E-state index in [4.69, 9.17) is 0 Å². The zero-order valence-corrected chi connectivity index (χ0v) is 11.4. The molecule has 2 rings (SSSR count). The number of carbonyl (C=O) groups excluding carboxylic acids is 1. The highest BCUT2D eigenvalue weighted by molar-refractivity contribution is 5.98. The van der Waals surface area contributed by atoms with Crippen LogP contribution in [0.1, 0.15) is 32.6 Å². The van der Waals surface area contributed by atoms with Crippen LogP contribution in [0, 0.1) is 0 Å². The van der Waals surface area contributed by atoms with E-state index in [1.165, 1.54) is 19.3 Å². The summed E-state index contributed by atoms with van der Waals surface area (Å²) in [5, 5.41) is 2.28. The molecule has 0 aromatic heterocycles. The standard InChI is InChI=1S/C17H20NO/c1-2-3-4-7-13-18(14-19)17-12-8-10-15-9-5-6-11-16(15)17/h5-6,8-12H,2-4,7,13H2,1H3. The van der Waals surface area contributed by atoms with Crippen LogP contribution in [0.3, 0.4) is 0 Å². The number of hydrogen-bond donors (Lipinski definition) is 0. The number of amides is 1. The molecule has 19 heavy (non-hydrogen) atoms. The highest BCUT2D eigenvalue weighted by Gasteiger charge is 2.09. The Morgan fingerprint density at radius 2 is 1.79 bits per heavy atom. The molecule has 1 radical (unpaired) electrons. The first-order chi connectivity index (χ1) is 9.36. The van der Waals surface area contributed by atoms with Crippen molar-refractivity contribution in [1.29, 1.82) is 0 Å². The van der Waals surface area contributed by atoms with Gasteiger partial charge in [0, 0.05) is 11.9 Å². The summed E-state index contributed by atoms with van der Waals surface area (Å²) in [6.45, 7) is 2.94. The van der Waals surface area contributed by atoms with Crippen molar-refractivity contribution in [2.24, 2.45) is 0 Å². The summed E-state index contributed by atoms with van der Waals surface area (Å²) in [7, 11) is 0. The van der Waals surface area contributed by atoms with Crippen molar-refractivity contribution in [2.75, 3.05) is 11.4 Å². The molecule has 0 saturated carbocycles. The Kier molecular flexibility index (Phi) is 4.96. The number of benzene rings is 2. The van der Waals surface area contributed by atoms with Gasteiger partial charge in [-0.2, -0.15) is 0 Å². The Morgan fingerprint density at radius 1 is 1.00 bits per heavy atom. The Morgan fingerprint density at radius 3 is 2.58 bits per heavy atom. The topological polar surface area (TPSA) is 20.3 Å². The lowest BCUT2D eigenvalue weighted by molar-refractivity contribution is 0.548. The minimum absolute atomic E-state index is 0.748. The van der Waals surface area contributed by atoms with E-state index in [2.05, 4.69) is 31.5 Å². The molecule has 0 bridgehead atoms. The van der Waals surface area contributed by atoms with Gasteiger partial charge in [-0.15, -0.1) is 0 Å². The number of unbranched alkanes of at least 4 members (excludes halogenated alkanes) is 3. The molecule has 0 fully saturated rings. The lowest BCUT2D eigenvalue weighted by Crippen LogP contribution is -2.22. The number of rotatable bonds is 7. The maximum Gasteiger partial charge on any atom is 0.316 e. The van der Waals surface area contributed by atoms with Gasteiger partial charge in [0.1, 0.15) is 0 Å². The zero-order valence-electron chi connectivity index (χ0n) is 11.4. The molecular weight excluding hydrogens is 234 g/mol. The summed E-state index contributed by atoms with van der Waals surface area (Å²) in [5.41, 5.74) is 0.963. The van der Waals surface area contributed by atoms with Crippen molar-refractivity contribution in [2.45, 2.75) is 32.6 Å². The fourth-order valence-corrected chi connectivity index (χ4v) is 2.36. The SMILES string of the molecule is CCCCCCN([C]=O)c1cccc2ccccc12. The second kappa shape index (κ2) is 6.93. The van der Waals surface area contributed by atoms with Crippen LogP contribution in [0.4, 0.5) is 5.69 Å². The molecule has 0 saturated heterocycles. The first-order valence-corrected chi connectivity index (χ1v) is 7.00. The van der Waals surface area contributed by atoms with E-state index in [9.17, 15) is 4.79 Å². The maximum absolute atomic E-state index is 11.2. The van der Waals surface area contributed by atoms with Gasteiger partial charge in [0.25, 0.3) is 0 Å². The normalized spacial score (nSPS) is 10.6. The summed E-state index contributed by atoms with van der Waals surface area (Å²) in [6.07, 6.45) is 6.70. The number of hydrogen-bond acceptors (Lipinski definition) is 1. The predicted molar refractivity (Wildman–Crippen MR) is 81.1 cm³/mol. The lowest BCUT2D eigenvalue weighted by atomic mass is 10.1. The zero-order chi connectivity index (χ0) is 13.5. The Bertz CT molecular complexity index is 530. The van der Waals surface area contributed by atoms with Crippen LogP contribution in [-0.4, -0.2) is 13.0 Å². The van der Waals surface area contributed by atoms with Crippen LogP contribution < -0.4 is 4.90 Å². The van der Waals surface area contributed by atoms with Crippen LogP contribution in [0.5, 0.6) is 0 Å². The van der Waals surface area contributed by atoms with Gasteiger partial charge in [-0.05, 0) is 17.9 Å². The Balaban J connectivity index is 2.18. The first kappa shape index (κ1) is 13.6. The van der Waals surface area contributed by atoms with Crippen molar-refractivity contribution in [3.8, 4) is 0 Å². The summed E-state index contributed by atoms with van der Waals surface area (Å²) >= 11 is 0. The Labute approximate surface area is 115 Å². The minimum atomic E-state index is 0.748. The van der Waals surface area contributed by atoms with Gasteiger partial charge in [-0.3, -0.25) is 4.79 Å². The van der Waals surface area contributed by atoms with Crippen molar-refractivity contribution in [3.05, 3.63) is 42.5 Å². The number of fused-ring (bicyclic) bond motifs is 1. The van der Waals surface area contributed by atoms with Crippen LogP contribution in [0.2, 0.25) is 0 Å². The molecule has 0 heterocycles. The summed E-state index contributed by atoms with van der Waals surface area (Å²) < 4.78 is 0. The third-order valence-electron chi connectivity index (χ3n) is 3.40. The lowest BCUT2D eigenvalue weighted by Gasteiger charge is -2.18. The molecule has 2 aromatic rings. The van der Waals surface area contributed by atoms with Crippen molar-refractivity contribution < 1.29 is 4.79 Å². The van der Waals surface area contributed by atoms with Gasteiger partial charge < -0.3 is 4.90 Å². The largest absolute Gasteiger partial charge is 0.316 e. The average molecular weight is 254 g/mol. The predicted octanol–water partition coefficient (Wildman–Crippen LogP) is 4.29. The summed E-state index contributed by atoms with van der Waals surface area (Å²) in [6, 6.07) is 14.2. The number of anilines is 1. The molecule has 0 unspecified atom stereocenters. The average Bonchev–Trinajstić information content (AvgIpc) is 2.47. The molecule has 2 aromatic carbocycles. The monoisotopic (exact) mass is 254 g/mol. The van der Waals surface area contributed by atoms with Crippen molar-refractivity contribution in [3.63, 3.8) is 0 Å². The molecular formula is C17H20NO. The highest BCUT2D eigenvalue weighted by atomic mass is 16.1. The van der Waals surface area contributed by atoms with Gasteiger partial charge in [0.15, 0.2) is 0 Å².